The van der Waals surface area contributed by atoms with E-state index in [-0.39, 0.29) is 11.9 Å². The van der Waals surface area contributed by atoms with Gasteiger partial charge in [0.15, 0.2) is 0 Å². The van der Waals surface area contributed by atoms with E-state index in [1.54, 1.807) is 11.9 Å². The first-order valence-electron chi connectivity index (χ1n) is 6.04. The number of carbonyl (C=O) groups excluding carboxylic acids is 1. The number of unbranched alkanes of at least 4 members (excludes halogenated alkanes) is 2. The van der Waals surface area contributed by atoms with Gasteiger partial charge in [0.25, 0.3) is 0 Å². The van der Waals surface area contributed by atoms with Crippen molar-refractivity contribution in [3.05, 3.63) is 0 Å². The average molecular weight is 230 g/mol. The Morgan fingerprint density at radius 1 is 1.12 bits per heavy atom. The number of carbonyl (C=O) groups is 1. The Hall–Kier alpha value is -0.650. The molecule has 0 aliphatic heterocycles. The lowest BCUT2D eigenvalue weighted by atomic mass is 10.1. The second kappa shape index (κ2) is 9.57. The van der Waals surface area contributed by atoms with Crippen LogP contribution in [-0.4, -0.2) is 43.5 Å². The Bertz CT molecular complexity index is 169. The Labute approximate surface area is 98.3 Å². The summed E-state index contributed by atoms with van der Waals surface area (Å²) in [6, 6.07) is -0.380. The lowest BCUT2D eigenvalue weighted by Crippen LogP contribution is -2.42. The molecule has 0 aromatic carbocycles. The molecule has 0 heterocycles. The third kappa shape index (κ3) is 6.76. The monoisotopic (exact) mass is 230 g/mol. The predicted octanol–water partition coefficient (Wildman–Crippen LogP) is -0.360. The zero-order chi connectivity index (χ0) is 12.4. The summed E-state index contributed by atoms with van der Waals surface area (Å²) in [5.74, 6) is 0.0223. The summed E-state index contributed by atoms with van der Waals surface area (Å²) >= 11 is 0. The van der Waals surface area contributed by atoms with E-state index in [2.05, 4.69) is 0 Å². The maximum Gasteiger partial charge on any atom is 0.239 e. The Balaban J connectivity index is 3.73. The minimum Gasteiger partial charge on any atom is -0.344 e. The largest absolute Gasteiger partial charge is 0.344 e. The third-order valence-corrected chi connectivity index (χ3v) is 2.61. The Kier molecular flexibility index (Phi) is 9.18. The first-order valence-corrected chi connectivity index (χ1v) is 6.04. The van der Waals surface area contributed by atoms with Crippen molar-refractivity contribution in [2.75, 3.05) is 26.7 Å². The van der Waals surface area contributed by atoms with Crippen LogP contribution in [0.4, 0.5) is 0 Å². The van der Waals surface area contributed by atoms with Gasteiger partial charge in [-0.3, -0.25) is 4.79 Å². The van der Waals surface area contributed by atoms with E-state index in [0.29, 0.717) is 13.1 Å². The first-order chi connectivity index (χ1) is 7.63. The van der Waals surface area contributed by atoms with E-state index >= 15 is 0 Å². The van der Waals surface area contributed by atoms with Crippen molar-refractivity contribution in [2.24, 2.45) is 17.2 Å². The second-order valence-electron chi connectivity index (χ2n) is 4.15. The molecular formula is C11H26N4O. The van der Waals surface area contributed by atoms with E-state index in [9.17, 15) is 4.79 Å². The minimum absolute atomic E-state index is 0.0223. The number of likely N-dealkylation sites (N-methyl/N-ethyl adjacent to an activating group) is 1. The highest BCUT2D eigenvalue weighted by Gasteiger charge is 2.16. The molecule has 96 valence electrons. The number of amides is 1. The summed E-state index contributed by atoms with van der Waals surface area (Å²) in [5.41, 5.74) is 16.6. The van der Waals surface area contributed by atoms with Gasteiger partial charge in [-0.25, -0.2) is 0 Å². The lowest BCUT2D eigenvalue weighted by molar-refractivity contribution is -0.131. The molecule has 0 bridgehead atoms. The van der Waals surface area contributed by atoms with Crippen LogP contribution in [0.25, 0.3) is 0 Å². The molecule has 5 heteroatoms. The molecule has 0 aromatic rings. The molecule has 16 heavy (non-hydrogen) atoms. The maximum atomic E-state index is 11.8. The fourth-order valence-electron chi connectivity index (χ4n) is 1.52. The van der Waals surface area contributed by atoms with Crippen LogP contribution in [0.15, 0.2) is 0 Å². The Morgan fingerprint density at radius 3 is 2.25 bits per heavy atom. The van der Waals surface area contributed by atoms with Gasteiger partial charge >= 0.3 is 0 Å². The average Bonchev–Trinajstić information content (AvgIpc) is 2.28. The van der Waals surface area contributed by atoms with Gasteiger partial charge in [0, 0.05) is 13.6 Å². The number of hydrogen-bond donors (Lipinski definition) is 3. The molecule has 1 atom stereocenters. The minimum atomic E-state index is -0.380. The number of nitrogens with zero attached hydrogens (tertiary/aromatic N) is 1. The van der Waals surface area contributed by atoms with E-state index < -0.39 is 0 Å². The molecule has 6 N–H and O–H groups in total. The summed E-state index contributed by atoms with van der Waals surface area (Å²) in [7, 11) is 1.79. The van der Waals surface area contributed by atoms with Crippen LogP contribution in [0.2, 0.25) is 0 Å². The molecule has 0 fully saturated rings. The molecule has 0 unspecified atom stereocenters. The standard InChI is InChI=1S/C11H26N4O/c1-15(9-5-4-8-13)11(16)10(14)6-2-3-7-12/h10H,2-9,12-14H2,1H3/t10-/m0/s1. The van der Waals surface area contributed by atoms with Crippen molar-refractivity contribution in [3.8, 4) is 0 Å². The van der Waals surface area contributed by atoms with Gasteiger partial charge in [-0.15, -0.1) is 0 Å². The number of nitrogens with two attached hydrogens (primary N) is 3. The van der Waals surface area contributed by atoms with E-state index in [1.807, 2.05) is 0 Å². The summed E-state index contributed by atoms with van der Waals surface area (Å²) in [5, 5.41) is 0. The topological polar surface area (TPSA) is 98.4 Å². The van der Waals surface area contributed by atoms with Crippen LogP contribution in [0, 0.1) is 0 Å². The van der Waals surface area contributed by atoms with Gasteiger partial charge in [0.2, 0.25) is 5.91 Å². The quantitative estimate of drug-likeness (QED) is 0.471. The fraction of sp³-hybridized carbons (Fsp3) is 0.909. The van der Waals surface area contributed by atoms with Crippen LogP contribution in [-0.2, 0) is 4.79 Å². The molecule has 0 aliphatic rings. The van der Waals surface area contributed by atoms with Gasteiger partial charge in [-0.1, -0.05) is 6.42 Å². The summed E-state index contributed by atoms with van der Waals surface area (Å²) in [6.45, 7) is 2.07. The van der Waals surface area contributed by atoms with Crippen molar-refractivity contribution in [2.45, 2.75) is 38.1 Å². The molecule has 1 amide bonds. The van der Waals surface area contributed by atoms with Crippen LogP contribution in [0.3, 0.4) is 0 Å². The smallest absolute Gasteiger partial charge is 0.239 e. The normalized spacial score (nSPS) is 12.5. The van der Waals surface area contributed by atoms with Crippen LogP contribution in [0.1, 0.15) is 32.1 Å². The SMILES string of the molecule is CN(CCCCN)C(=O)[C@@H](N)CCCCN. The molecule has 5 nitrogen and oxygen atoms in total. The van der Waals surface area contributed by atoms with Crippen LogP contribution >= 0.6 is 0 Å². The van der Waals surface area contributed by atoms with Crippen molar-refractivity contribution < 1.29 is 4.79 Å². The first kappa shape index (κ1) is 15.3. The summed E-state index contributed by atoms with van der Waals surface area (Å²) < 4.78 is 0. The zero-order valence-corrected chi connectivity index (χ0v) is 10.3. The van der Waals surface area contributed by atoms with Crippen LogP contribution < -0.4 is 17.2 Å². The highest BCUT2D eigenvalue weighted by Crippen LogP contribution is 2.02. The van der Waals surface area contributed by atoms with Crippen molar-refractivity contribution in [3.63, 3.8) is 0 Å². The molecular weight excluding hydrogens is 204 g/mol. The van der Waals surface area contributed by atoms with Gasteiger partial charge < -0.3 is 22.1 Å². The van der Waals surface area contributed by atoms with Crippen molar-refractivity contribution in [1.82, 2.24) is 4.90 Å². The van der Waals surface area contributed by atoms with Gasteiger partial charge in [-0.2, -0.15) is 0 Å². The van der Waals surface area contributed by atoms with Crippen molar-refractivity contribution in [1.29, 1.82) is 0 Å². The molecule has 0 aromatic heterocycles. The number of hydrogen-bond acceptors (Lipinski definition) is 4. The molecule has 0 rings (SSSR count). The fourth-order valence-corrected chi connectivity index (χ4v) is 1.52. The van der Waals surface area contributed by atoms with E-state index in [1.165, 1.54) is 0 Å². The Morgan fingerprint density at radius 2 is 1.69 bits per heavy atom. The predicted molar refractivity (Wildman–Crippen MR) is 66.8 cm³/mol. The highest BCUT2D eigenvalue weighted by molar-refractivity contribution is 5.81. The molecule has 0 saturated carbocycles. The van der Waals surface area contributed by atoms with Gasteiger partial charge in [0.1, 0.15) is 0 Å². The molecule has 0 radical (unpaired) electrons. The second-order valence-corrected chi connectivity index (χ2v) is 4.15. The highest BCUT2D eigenvalue weighted by atomic mass is 16.2. The zero-order valence-electron chi connectivity index (χ0n) is 10.3. The van der Waals surface area contributed by atoms with E-state index in [4.69, 9.17) is 17.2 Å². The summed E-state index contributed by atoms with van der Waals surface area (Å²) in [4.78, 5) is 13.5. The molecule has 0 spiro atoms. The summed E-state index contributed by atoms with van der Waals surface area (Å²) in [6.07, 6.45) is 4.45. The van der Waals surface area contributed by atoms with Gasteiger partial charge in [0.05, 0.1) is 6.04 Å². The van der Waals surface area contributed by atoms with Crippen molar-refractivity contribution >= 4 is 5.91 Å². The van der Waals surface area contributed by atoms with Gasteiger partial charge in [-0.05, 0) is 38.8 Å². The lowest BCUT2D eigenvalue weighted by Gasteiger charge is -2.21. The van der Waals surface area contributed by atoms with Crippen LogP contribution in [0.5, 0.6) is 0 Å². The molecule has 0 saturated heterocycles. The maximum absolute atomic E-state index is 11.8. The third-order valence-electron chi connectivity index (χ3n) is 2.61. The molecule has 0 aliphatic carbocycles. The van der Waals surface area contributed by atoms with E-state index in [0.717, 1.165) is 38.6 Å². The number of rotatable bonds is 9.